The maximum absolute atomic E-state index is 12.5. The zero-order chi connectivity index (χ0) is 15.4. The van der Waals surface area contributed by atoms with E-state index in [4.69, 9.17) is 5.11 Å². The Hall–Kier alpha value is 0.130. The summed E-state index contributed by atoms with van der Waals surface area (Å²) in [7, 11) is -5.87. The Morgan fingerprint density at radius 2 is 2.00 bits per heavy atom. The smallest absolute Gasteiger partial charge is 0.282 e. The molecule has 1 aliphatic heterocycles. The largest absolute Gasteiger partial charge is 0.396 e. The average molecular weight is 346 g/mol. The minimum atomic E-state index is -3.81. The lowest BCUT2D eigenvalue weighted by molar-refractivity contribution is 0.270. The van der Waals surface area contributed by atoms with E-state index in [9.17, 15) is 16.8 Å². The minimum Gasteiger partial charge on any atom is -0.396 e. The van der Waals surface area contributed by atoms with E-state index in [-0.39, 0.29) is 31.2 Å². The third-order valence-electron chi connectivity index (χ3n) is 3.18. The number of thioether (sulfide) groups is 1. The molecule has 0 bridgehead atoms. The van der Waals surface area contributed by atoms with Crippen molar-refractivity contribution in [3.05, 3.63) is 0 Å². The summed E-state index contributed by atoms with van der Waals surface area (Å²) < 4.78 is 51.3. The summed E-state index contributed by atoms with van der Waals surface area (Å²) in [5.74, 6) is 0.774. The van der Waals surface area contributed by atoms with Gasteiger partial charge in [-0.1, -0.05) is 6.92 Å². The Bertz CT molecular complexity index is 505. The van der Waals surface area contributed by atoms with E-state index < -0.39 is 25.4 Å². The van der Waals surface area contributed by atoms with Gasteiger partial charge < -0.3 is 5.11 Å². The van der Waals surface area contributed by atoms with Crippen LogP contribution in [0.3, 0.4) is 0 Å². The van der Waals surface area contributed by atoms with Crippen molar-refractivity contribution in [3.8, 4) is 0 Å². The first-order valence-corrected chi connectivity index (χ1v) is 10.7. The van der Waals surface area contributed by atoms with E-state index in [1.54, 1.807) is 0 Å². The number of aliphatic hydroxyl groups excluding tert-OH is 1. The highest BCUT2D eigenvalue weighted by Crippen LogP contribution is 2.25. The molecule has 20 heavy (non-hydrogen) atoms. The number of rotatable bonds is 7. The van der Waals surface area contributed by atoms with Crippen molar-refractivity contribution < 1.29 is 21.9 Å². The summed E-state index contributed by atoms with van der Waals surface area (Å²) in [4.78, 5) is 0. The van der Waals surface area contributed by atoms with Crippen LogP contribution in [0.15, 0.2) is 0 Å². The van der Waals surface area contributed by atoms with Crippen LogP contribution in [0.25, 0.3) is 0 Å². The second-order valence-electron chi connectivity index (χ2n) is 4.50. The Balaban J connectivity index is 3.00. The van der Waals surface area contributed by atoms with Crippen LogP contribution in [0, 0.1) is 0 Å². The highest BCUT2D eigenvalue weighted by molar-refractivity contribution is 8.01. The predicted molar refractivity (Wildman–Crippen MR) is 80.5 cm³/mol. The summed E-state index contributed by atoms with van der Waals surface area (Å²) in [5, 5.41) is 7.78. The van der Waals surface area contributed by atoms with Gasteiger partial charge in [-0.3, -0.25) is 0 Å². The second-order valence-corrected chi connectivity index (χ2v) is 10.1. The van der Waals surface area contributed by atoms with Crippen molar-refractivity contribution in [2.75, 3.05) is 44.0 Å². The molecule has 0 aromatic carbocycles. The van der Waals surface area contributed by atoms with Crippen molar-refractivity contribution in [2.24, 2.45) is 0 Å². The lowest BCUT2D eigenvalue weighted by Crippen LogP contribution is -2.54. The molecule has 0 radical (unpaired) electrons. The normalized spacial score (nSPS) is 22.3. The summed E-state index contributed by atoms with van der Waals surface area (Å²) in [6.07, 6.45) is 0.323. The Kier molecular flexibility index (Phi) is 6.74. The molecule has 7 nitrogen and oxygen atoms in total. The van der Waals surface area contributed by atoms with Gasteiger partial charge >= 0.3 is 0 Å². The van der Waals surface area contributed by atoms with Gasteiger partial charge in [-0.2, -0.15) is 28.8 Å². The number of hydrogen-bond acceptors (Lipinski definition) is 6. The predicted octanol–water partition coefficient (Wildman–Crippen LogP) is -0.645. The third kappa shape index (κ3) is 4.08. The zero-order valence-corrected chi connectivity index (χ0v) is 14.2. The highest BCUT2D eigenvalue weighted by atomic mass is 32.2. The molecular weight excluding hydrogens is 324 g/mol. The van der Waals surface area contributed by atoms with Gasteiger partial charge in [0.2, 0.25) is 0 Å². The van der Waals surface area contributed by atoms with Crippen LogP contribution in [0.5, 0.6) is 0 Å². The van der Waals surface area contributed by atoms with Gasteiger partial charge in [0.25, 0.3) is 10.2 Å². The Labute approximate surface area is 125 Å². The molecule has 1 aliphatic rings. The number of sulfone groups is 1. The molecule has 1 heterocycles. The maximum Gasteiger partial charge on any atom is 0.282 e. The minimum absolute atomic E-state index is 0.0788. The van der Waals surface area contributed by atoms with Crippen LogP contribution >= 0.6 is 11.8 Å². The van der Waals surface area contributed by atoms with Gasteiger partial charge in [-0.25, -0.2) is 8.42 Å². The van der Waals surface area contributed by atoms with Crippen LogP contribution < -0.4 is 0 Å². The average Bonchev–Trinajstić information content (AvgIpc) is 2.44. The monoisotopic (exact) mass is 346 g/mol. The lowest BCUT2D eigenvalue weighted by atomic mass is 10.5. The SMILES string of the molecule is CCS(=O)(=O)C1CSCCN1S(=O)(=O)N(C)CCCO. The Morgan fingerprint density at radius 1 is 1.35 bits per heavy atom. The zero-order valence-electron chi connectivity index (χ0n) is 11.7. The van der Waals surface area contributed by atoms with Crippen molar-refractivity contribution in [2.45, 2.75) is 18.7 Å². The van der Waals surface area contributed by atoms with Crippen molar-refractivity contribution in [3.63, 3.8) is 0 Å². The lowest BCUT2D eigenvalue weighted by Gasteiger charge is -2.36. The topological polar surface area (TPSA) is 95.0 Å². The molecule has 1 atom stereocenters. The second kappa shape index (κ2) is 7.41. The number of nitrogens with zero attached hydrogens (tertiary/aromatic N) is 2. The molecule has 1 rings (SSSR count). The number of hydrogen-bond donors (Lipinski definition) is 1. The van der Waals surface area contributed by atoms with E-state index in [0.717, 1.165) is 8.61 Å². The fourth-order valence-electron chi connectivity index (χ4n) is 1.89. The Morgan fingerprint density at radius 3 is 2.55 bits per heavy atom. The first kappa shape index (κ1) is 18.2. The van der Waals surface area contributed by atoms with E-state index >= 15 is 0 Å². The summed E-state index contributed by atoms with van der Waals surface area (Å²) in [6, 6.07) is 0. The molecule has 0 aliphatic carbocycles. The van der Waals surface area contributed by atoms with Crippen LogP contribution in [0.4, 0.5) is 0 Å². The van der Waals surface area contributed by atoms with Crippen molar-refractivity contribution >= 4 is 31.8 Å². The van der Waals surface area contributed by atoms with Gasteiger partial charge in [-0.15, -0.1) is 0 Å². The molecule has 1 saturated heterocycles. The van der Waals surface area contributed by atoms with E-state index in [1.165, 1.54) is 25.7 Å². The molecular formula is C10H22N2O5S3. The fourth-order valence-corrected chi connectivity index (χ4v) is 7.07. The quantitative estimate of drug-likeness (QED) is 0.658. The third-order valence-corrected chi connectivity index (χ3v) is 8.60. The van der Waals surface area contributed by atoms with Crippen LogP contribution in [0.2, 0.25) is 0 Å². The van der Waals surface area contributed by atoms with Crippen LogP contribution in [-0.2, 0) is 20.0 Å². The van der Waals surface area contributed by atoms with Gasteiger partial charge in [-0.05, 0) is 6.42 Å². The molecule has 1 unspecified atom stereocenters. The molecule has 10 heteroatoms. The number of aliphatic hydroxyl groups is 1. The van der Waals surface area contributed by atoms with Gasteiger partial charge in [0.15, 0.2) is 9.84 Å². The molecule has 0 aromatic heterocycles. The van der Waals surface area contributed by atoms with Gasteiger partial charge in [0, 0.05) is 44.0 Å². The summed E-state index contributed by atoms with van der Waals surface area (Å²) >= 11 is 1.45. The van der Waals surface area contributed by atoms with E-state index in [0.29, 0.717) is 12.2 Å². The maximum atomic E-state index is 12.5. The molecule has 0 spiro atoms. The molecule has 0 amide bonds. The van der Waals surface area contributed by atoms with Gasteiger partial charge in [0.05, 0.1) is 0 Å². The standard InChI is InChI=1S/C10H22N2O5S3/c1-3-19(14,15)10-9-18-8-6-12(10)20(16,17)11(2)5-4-7-13/h10,13H,3-9H2,1-2H3. The van der Waals surface area contributed by atoms with Crippen LogP contribution in [-0.4, -0.2) is 79.9 Å². The molecule has 1 fully saturated rings. The highest BCUT2D eigenvalue weighted by Gasteiger charge is 2.41. The van der Waals surface area contributed by atoms with Crippen molar-refractivity contribution in [1.82, 2.24) is 8.61 Å². The van der Waals surface area contributed by atoms with Gasteiger partial charge in [0.1, 0.15) is 5.37 Å². The molecule has 120 valence electrons. The van der Waals surface area contributed by atoms with Crippen LogP contribution in [0.1, 0.15) is 13.3 Å². The van der Waals surface area contributed by atoms with Crippen molar-refractivity contribution in [1.29, 1.82) is 0 Å². The van der Waals surface area contributed by atoms with E-state index in [1.807, 2.05) is 0 Å². The molecule has 0 aromatic rings. The summed E-state index contributed by atoms with van der Waals surface area (Å²) in [5.41, 5.74) is 0. The molecule has 0 saturated carbocycles. The fraction of sp³-hybridized carbons (Fsp3) is 1.00. The summed E-state index contributed by atoms with van der Waals surface area (Å²) in [6.45, 7) is 1.78. The first-order chi connectivity index (χ1) is 9.27. The van der Waals surface area contributed by atoms with E-state index in [2.05, 4.69) is 0 Å². The molecule has 1 N–H and O–H groups in total. The first-order valence-electron chi connectivity index (χ1n) is 6.40.